The van der Waals surface area contributed by atoms with Gasteiger partial charge in [-0.15, -0.1) is 0 Å². The average Bonchev–Trinajstić information content (AvgIpc) is 2.52. The molecule has 0 aliphatic heterocycles. The van der Waals surface area contributed by atoms with Crippen LogP contribution in [-0.4, -0.2) is 30.9 Å². The third-order valence-electron chi connectivity index (χ3n) is 3.44. The van der Waals surface area contributed by atoms with E-state index in [9.17, 15) is 9.59 Å². The molecule has 0 bridgehead atoms. The summed E-state index contributed by atoms with van der Waals surface area (Å²) in [7, 11) is 3.44. The summed E-state index contributed by atoms with van der Waals surface area (Å²) in [5.41, 5.74) is 3.10. The summed E-state index contributed by atoms with van der Waals surface area (Å²) in [5, 5.41) is 5.92. The topological polar surface area (TPSA) is 61.4 Å². The van der Waals surface area contributed by atoms with Gasteiger partial charge in [0.05, 0.1) is 17.1 Å². The molecule has 0 atom stereocenters. The molecule has 5 nitrogen and oxygen atoms in total. The number of urea groups is 1. The number of hydrogen-bond acceptors (Lipinski definition) is 2. The van der Waals surface area contributed by atoms with Crippen LogP contribution in [0, 0.1) is 6.92 Å². The summed E-state index contributed by atoms with van der Waals surface area (Å²) >= 11 is 6.09. The molecule has 0 aromatic heterocycles. The highest BCUT2D eigenvalue weighted by molar-refractivity contribution is 6.33. The Kier molecular flexibility index (Phi) is 5.82. The number of aryl methyl sites for hydroxylation is 1. The maximum atomic E-state index is 12.0. The van der Waals surface area contributed by atoms with E-state index in [1.807, 2.05) is 25.1 Å². The van der Waals surface area contributed by atoms with Gasteiger partial charge in [-0.3, -0.25) is 4.79 Å². The van der Waals surface area contributed by atoms with Crippen molar-refractivity contribution in [3.63, 3.8) is 0 Å². The van der Waals surface area contributed by atoms with E-state index in [-0.39, 0.29) is 11.9 Å². The maximum Gasteiger partial charge on any atom is 0.323 e. The van der Waals surface area contributed by atoms with E-state index >= 15 is 0 Å². The molecule has 0 aliphatic carbocycles. The predicted octanol–water partition coefficient (Wildman–Crippen LogP) is 3.92. The standard InChI is InChI=1S/C18H20ClN3O2/c1-12-4-9-16(15(19)10-12)21-18(24)20-14-7-5-13(6-8-14)11-17(23)22(2)3/h4-10H,11H2,1-3H3,(H2,20,21,24). The Hall–Kier alpha value is -2.53. The largest absolute Gasteiger partial charge is 0.349 e. The van der Waals surface area contributed by atoms with Gasteiger partial charge >= 0.3 is 6.03 Å². The molecule has 2 N–H and O–H groups in total. The van der Waals surface area contributed by atoms with Crippen molar-refractivity contribution in [3.05, 3.63) is 58.6 Å². The second-order valence-corrected chi connectivity index (χ2v) is 6.13. The Morgan fingerprint density at radius 1 is 1.04 bits per heavy atom. The molecule has 0 saturated heterocycles. The zero-order valence-corrected chi connectivity index (χ0v) is 14.6. The molecular weight excluding hydrogens is 326 g/mol. The van der Waals surface area contributed by atoms with Crippen LogP contribution in [-0.2, 0) is 11.2 Å². The normalized spacial score (nSPS) is 10.2. The van der Waals surface area contributed by atoms with E-state index < -0.39 is 0 Å². The van der Waals surface area contributed by atoms with E-state index in [4.69, 9.17) is 11.6 Å². The fraction of sp³-hybridized carbons (Fsp3) is 0.222. The summed E-state index contributed by atoms with van der Waals surface area (Å²) in [6, 6.07) is 12.2. The number of amides is 3. The van der Waals surface area contributed by atoms with E-state index in [1.54, 1.807) is 43.3 Å². The lowest BCUT2D eigenvalue weighted by molar-refractivity contribution is -0.127. The molecule has 0 unspecified atom stereocenters. The van der Waals surface area contributed by atoms with Gasteiger partial charge in [0.15, 0.2) is 0 Å². The van der Waals surface area contributed by atoms with Crippen LogP contribution in [0.4, 0.5) is 16.2 Å². The zero-order chi connectivity index (χ0) is 17.7. The molecule has 6 heteroatoms. The Morgan fingerprint density at radius 2 is 1.71 bits per heavy atom. The lowest BCUT2D eigenvalue weighted by atomic mass is 10.1. The molecule has 24 heavy (non-hydrogen) atoms. The molecule has 2 aromatic rings. The monoisotopic (exact) mass is 345 g/mol. The maximum absolute atomic E-state index is 12.0. The third kappa shape index (κ3) is 4.99. The number of carbonyl (C=O) groups excluding carboxylic acids is 2. The Morgan fingerprint density at radius 3 is 2.29 bits per heavy atom. The van der Waals surface area contributed by atoms with Crippen molar-refractivity contribution in [2.75, 3.05) is 24.7 Å². The first-order valence-electron chi connectivity index (χ1n) is 7.48. The van der Waals surface area contributed by atoms with Gasteiger partial charge in [-0.25, -0.2) is 4.79 Å². The number of nitrogens with one attached hydrogen (secondary N) is 2. The Balaban J connectivity index is 1.95. The van der Waals surface area contributed by atoms with E-state index in [0.29, 0.717) is 22.8 Å². The van der Waals surface area contributed by atoms with Crippen molar-refractivity contribution in [2.24, 2.45) is 0 Å². The number of anilines is 2. The van der Waals surface area contributed by atoms with Crippen LogP contribution in [0.5, 0.6) is 0 Å². The van der Waals surface area contributed by atoms with Gasteiger partial charge in [0.2, 0.25) is 5.91 Å². The molecule has 0 fully saturated rings. The highest BCUT2D eigenvalue weighted by Crippen LogP contribution is 2.23. The van der Waals surface area contributed by atoms with Crippen molar-refractivity contribution in [3.8, 4) is 0 Å². The van der Waals surface area contributed by atoms with E-state index in [2.05, 4.69) is 10.6 Å². The molecule has 0 saturated carbocycles. The van der Waals surface area contributed by atoms with Crippen molar-refractivity contribution in [1.29, 1.82) is 0 Å². The molecule has 0 aliphatic rings. The zero-order valence-electron chi connectivity index (χ0n) is 13.9. The first-order chi connectivity index (χ1) is 11.3. The number of nitrogens with zero attached hydrogens (tertiary/aromatic N) is 1. The van der Waals surface area contributed by atoms with Crippen molar-refractivity contribution < 1.29 is 9.59 Å². The fourth-order valence-electron chi connectivity index (χ4n) is 2.04. The minimum absolute atomic E-state index is 0.0301. The van der Waals surface area contributed by atoms with Gasteiger partial charge in [0, 0.05) is 19.8 Å². The summed E-state index contributed by atoms with van der Waals surface area (Å²) in [6.07, 6.45) is 0.332. The molecule has 3 amide bonds. The first-order valence-corrected chi connectivity index (χ1v) is 7.86. The molecule has 2 rings (SSSR count). The SMILES string of the molecule is Cc1ccc(NC(=O)Nc2ccc(CC(=O)N(C)C)cc2)c(Cl)c1. The minimum Gasteiger partial charge on any atom is -0.349 e. The summed E-state index contributed by atoms with van der Waals surface area (Å²) < 4.78 is 0. The Labute approximate surface area is 146 Å². The first kappa shape index (κ1) is 17.8. The van der Waals surface area contributed by atoms with Crippen LogP contribution in [0.15, 0.2) is 42.5 Å². The number of likely N-dealkylation sites (N-methyl/N-ethyl adjacent to an activating group) is 1. The van der Waals surface area contributed by atoms with Crippen LogP contribution in [0.25, 0.3) is 0 Å². The number of carbonyl (C=O) groups is 2. The van der Waals surface area contributed by atoms with E-state index in [0.717, 1.165) is 11.1 Å². The molecule has 0 radical (unpaired) electrons. The second kappa shape index (κ2) is 7.84. The summed E-state index contributed by atoms with van der Waals surface area (Å²) in [4.78, 5) is 25.2. The van der Waals surface area contributed by atoms with Gasteiger partial charge < -0.3 is 15.5 Å². The van der Waals surface area contributed by atoms with Gasteiger partial charge in [-0.2, -0.15) is 0 Å². The van der Waals surface area contributed by atoms with Crippen molar-refractivity contribution >= 4 is 34.9 Å². The molecule has 2 aromatic carbocycles. The van der Waals surface area contributed by atoms with E-state index in [1.165, 1.54) is 0 Å². The van der Waals surface area contributed by atoms with Crippen LogP contribution in [0.1, 0.15) is 11.1 Å². The Bertz CT molecular complexity index is 742. The lowest BCUT2D eigenvalue weighted by Crippen LogP contribution is -2.23. The minimum atomic E-state index is -0.377. The van der Waals surface area contributed by atoms with Crippen molar-refractivity contribution in [1.82, 2.24) is 4.90 Å². The van der Waals surface area contributed by atoms with Gasteiger partial charge in [0.25, 0.3) is 0 Å². The van der Waals surface area contributed by atoms with Gasteiger partial charge in [0.1, 0.15) is 0 Å². The highest BCUT2D eigenvalue weighted by Gasteiger charge is 2.08. The summed E-state index contributed by atoms with van der Waals surface area (Å²) in [5.74, 6) is 0.0301. The van der Waals surface area contributed by atoms with Gasteiger partial charge in [-0.1, -0.05) is 29.8 Å². The molecular formula is C18H20ClN3O2. The van der Waals surface area contributed by atoms with Crippen LogP contribution in [0.2, 0.25) is 5.02 Å². The molecule has 0 spiro atoms. The van der Waals surface area contributed by atoms with Crippen LogP contribution < -0.4 is 10.6 Å². The van der Waals surface area contributed by atoms with Crippen LogP contribution >= 0.6 is 11.6 Å². The highest BCUT2D eigenvalue weighted by atomic mass is 35.5. The molecule has 0 heterocycles. The van der Waals surface area contributed by atoms with Gasteiger partial charge in [-0.05, 0) is 42.3 Å². The molecule has 126 valence electrons. The smallest absolute Gasteiger partial charge is 0.323 e. The van der Waals surface area contributed by atoms with Crippen LogP contribution in [0.3, 0.4) is 0 Å². The quantitative estimate of drug-likeness (QED) is 0.882. The second-order valence-electron chi connectivity index (χ2n) is 5.72. The number of halogens is 1. The number of rotatable bonds is 4. The number of benzene rings is 2. The lowest BCUT2D eigenvalue weighted by Gasteiger charge is -2.11. The summed E-state index contributed by atoms with van der Waals surface area (Å²) in [6.45, 7) is 1.93. The fourth-order valence-corrected chi connectivity index (χ4v) is 2.33. The van der Waals surface area contributed by atoms with Crippen molar-refractivity contribution in [2.45, 2.75) is 13.3 Å². The average molecular weight is 346 g/mol. The predicted molar refractivity (Wildman–Crippen MR) is 97.7 cm³/mol. The third-order valence-corrected chi connectivity index (χ3v) is 3.75. The number of hydrogen-bond donors (Lipinski definition) is 2.